The van der Waals surface area contributed by atoms with Crippen LogP contribution in [0.2, 0.25) is 0 Å². The van der Waals surface area contributed by atoms with Crippen molar-refractivity contribution < 1.29 is 0 Å². The Labute approximate surface area is 121 Å². The van der Waals surface area contributed by atoms with Crippen molar-refractivity contribution in [2.75, 3.05) is 13.1 Å². The van der Waals surface area contributed by atoms with Gasteiger partial charge >= 0.3 is 5.69 Å². The van der Waals surface area contributed by atoms with Crippen LogP contribution in [0.1, 0.15) is 19.8 Å². The van der Waals surface area contributed by atoms with Crippen LogP contribution in [0.5, 0.6) is 0 Å². The normalized spacial score (nSPS) is 20.2. The Morgan fingerprint density at radius 2 is 2.00 bits per heavy atom. The van der Waals surface area contributed by atoms with Gasteiger partial charge in [-0.1, -0.05) is 12.1 Å². The molecule has 8 heteroatoms. The Balaban J connectivity index is 2.04. The second kappa shape index (κ2) is 5.10. The summed E-state index contributed by atoms with van der Waals surface area (Å²) in [5.41, 5.74) is 0.000266. The third kappa shape index (κ3) is 2.29. The molecule has 0 amide bonds. The average Bonchev–Trinajstić information content (AvgIpc) is 2.87. The van der Waals surface area contributed by atoms with E-state index in [2.05, 4.69) is 22.1 Å². The maximum atomic E-state index is 12.3. The minimum atomic E-state index is -0.383. The summed E-state index contributed by atoms with van der Waals surface area (Å²) in [7, 11) is 3.08. The average molecular weight is 292 g/mol. The highest BCUT2D eigenvalue weighted by Crippen LogP contribution is 2.16. The zero-order valence-corrected chi connectivity index (χ0v) is 12.6. The number of fused-ring (bicyclic) bond motifs is 1. The monoisotopic (exact) mass is 292 g/mol. The van der Waals surface area contributed by atoms with Crippen LogP contribution in [0, 0.1) is 5.92 Å². The maximum absolute atomic E-state index is 12.3. The Morgan fingerprint density at radius 3 is 2.71 bits per heavy atom. The number of nitrogens with zero attached hydrogens (tertiary/aromatic N) is 6. The molecule has 2 aromatic rings. The molecule has 0 saturated carbocycles. The van der Waals surface area contributed by atoms with E-state index >= 15 is 0 Å². The van der Waals surface area contributed by atoms with Crippen LogP contribution in [0.15, 0.2) is 9.59 Å². The van der Waals surface area contributed by atoms with Crippen LogP contribution < -0.4 is 11.2 Å². The molecule has 1 fully saturated rings. The first-order valence-electron chi connectivity index (χ1n) is 7.20. The number of aromatic nitrogens is 5. The summed E-state index contributed by atoms with van der Waals surface area (Å²) in [6, 6.07) is 0. The number of hydrogen-bond acceptors (Lipinski definition) is 5. The zero-order valence-electron chi connectivity index (χ0n) is 12.6. The molecule has 0 bridgehead atoms. The van der Waals surface area contributed by atoms with E-state index in [1.54, 1.807) is 11.7 Å². The second-order valence-corrected chi connectivity index (χ2v) is 5.93. The SMILES string of the molecule is CC1CCCN(Cn2nnc3c2c(=O)n(C)c(=O)n3C)C1. The van der Waals surface area contributed by atoms with Gasteiger partial charge in [0, 0.05) is 20.6 Å². The van der Waals surface area contributed by atoms with Crippen LogP contribution in [0.4, 0.5) is 0 Å². The van der Waals surface area contributed by atoms with Gasteiger partial charge in [0.05, 0.1) is 6.67 Å². The molecule has 1 atom stereocenters. The van der Waals surface area contributed by atoms with E-state index < -0.39 is 0 Å². The van der Waals surface area contributed by atoms with Crippen molar-refractivity contribution in [2.45, 2.75) is 26.4 Å². The lowest BCUT2D eigenvalue weighted by molar-refractivity contribution is 0.140. The molecule has 3 rings (SSSR count). The molecular weight excluding hydrogens is 272 g/mol. The van der Waals surface area contributed by atoms with Gasteiger partial charge in [-0.05, 0) is 25.3 Å². The molecular formula is C13H20N6O2. The lowest BCUT2D eigenvalue weighted by Gasteiger charge is -2.30. The van der Waals surface area contributed by atoms with Crippen molar-refractivity contribution in [1.82, 2.24) is 29.0 Å². The lowest BCUT2D eigenvalue weighted by atomic mass is 10.0. The van der Waals surface area contributed by atoms with Crippen LogP contribution >= 0.6 is 0 Å². The largest absolute Gasteiger partial charge is 0.332 e. The molecule has 8 nitrogen and oxygen atoms in total. The van der Waals surface area contributed by atoms with Crippen LogP contribution in [-0.4, -0.2) is 42.1 Å². The van der Waals surface area contributed by atoms with E-state index in [4.69, 9.17) is 0 Å². The third-order valence-electron chi connectivity index (χ3n) is 4.19. The standard InChI is InChI=1S/C13H20N6O2/c1-9-5-4-6-18(7-9)8-19-10-11(14-15-19)16(2)13(21)17(3)12(10)20/h9H,4-8H2,1-3H3. The summed E-state index contributed by atoms with van der Waals surface area (Å²) in [6.07, 6.45) is 2.40. The van der Waals surface area contributed by atoms with Crippen LogP contribution in [-0.2, 0) is 20.8 Å². The highest BCUT2D eigenvalue weighted by Gasteiger charge is 2.20. The van der Waals surface area contributed by atoms with Crippen molar-refractivity contribution in [3.63, 3.8) is 0 Å². The topological polar surface area (TPSA) is 78.0 Å². The van der Waals surface area contributed by atoms with Crippen LogP contribution in [0.25, 0.3) is 11.2 Å². The fourth-order valence-corrected chi connectivity index (χ4v) is 3.00. The lowest BCUT2D eigenvalue weighted by Crippen LogP contribution is -2.39. The van der Waals surface area contributed by atoms with Crippen molar-refractivity contribution in [3.8, 4) is 0 Å². The summed E-state index contributed by atoms with van der Waals surface area (Å²) in [4.78, 5) is 26.5. The quantitative estimate of drug-likeness (QED) is 0.747. The number of aryl methyl sites for hydroxylation is 1. The highest BCUT2D eigenvalue weighted by molar-refractivity contribution is 5.68. The van der Waals surface area contributed by atoms with Gasteiger partial charge in [0.25, 0.3) is 5.56 Å². The molecule has 21 heavy (non-hydrogen) atoms. The van der Waals surface area contributed by atoms with Gasteiger partial charge in [0.2, 0.25) is 0 Å². The number of rotatable bonds is 2. The Kier molecular flexibility index (Phi) is 3.40. The minimum Gasteiger partial charge on any atom is -0.284 e. The molecule has 2 aromatic heterocycles. The number of hydrogen-bond donors (Lipinski definition) is 0. The molecule has 1 aliphatic heterocycles. The van der Waals surface area contributed by atoms with E-state index in [-0.39, 0.29) is 11.2 Å². The van der Waals surface area contributed by atoms with Crippen molar-refractivity contribution in [3.05, 3.63) is 20.8 Å². The van der Waals surface area contributed by atoms with Gasteiger partial charge in [0.1, 0.15) is 0 Å². The van der Waals surface area contributed by atoms with Crippen molar-refractivity contribution in [1.29, 1.82) is 0 Å². The van der Waals surface area contributed by atoms with Gasteiger partial charge in [-0.15, -0.1) is 5.10 Å². The first kappa shape index (κ1) is 14.0. The molecule has 0 radical (unpaired) electrons. The van der Waals surface area contributed by atoms with Gasteiger partial charge < -0.3 is 0 Å². The Morgan fingerprint density at radius 1 is 1.24 bits per heavy atom. The Bertz CT molecular complexity index is 786. The van der Waals surface area contributed by atoms with E-state index in [0.29, 0.717) is 23.8 Å². The maximum Gasteiger partial charge on any atom is 0.332 e. The molecule has 114 valence electrons. The van der Waals surface area contributed by atoms with Gasteiger partial charge in [0.15, 0.2) is 11.2 Å². The fraction of sp³-hybridized carbons (Fsp3) is 0.692. The van der Waals surface area contributed by atoms with Gasteiger partial charge in [-0.2, -0.15) is 0 Å². The summed E-state index contributed by atoms with van der Waals surface area (Å²) in [5, 5.41) is 8.07. The zero-order chi connectivity index (χ0) is 15.1. The Hall–Kier alpha value is -1.96. The molecule has 0 spiro atoms. The van der Waals surface area contributed by atoms with E-state index in [0.717, 1.165) is 24.1 Å². The fourth-order valence-electron chi connectivity index (χ4n) is 3.00. The molecule has 0 aromatic carbocycles. The third-order valence-corrected chi connectivity index (χ3v) is 4.19. The van der Waals surface area contributed by atoms with E-state index in [9.17, 15) is 9.59 Å². The van der Waals surface area contributed by atoms with Crippen LogP contribution in [0.3, 0.4) is 0 Å². The van der Waals surface area contributed by atoms with Gasteiger partial charge in [-0.3, -0.25) is 18.8 Å². The van der Waals surface area contributed by atoms with E-state index in [1.807, 2.05) is 0 Å². The molecule has 1 saturated heterocycles. The molecule has 0 aliphatic carbocycles. The number of piperidine rings is 1. The molecule has 1 unspecified atom stereocenters. The minimum absolute atomic E-state index is 0.341. The van der Waals surface area contributed by atoms with Crippen molar-refractivity contribution >= 4 is 11.2 Å². The number of likely N-dealkylation sites (tertiary alicyclic amines) is 1. The van der Waals surface area contributed by atoms with E-state index in [1.165, 1.54) is 18.0 Å². The predicted octanol–water partition coefficient (Wildman–Crippen LogP) is -0.482. The summed E-state index contributed by atoms with van der Waals surface area (Å²) in [5.74, 6) is 0.653. The summed E-state index contributed by atoms with van der Waals surface area (Å²) < 4.78 is 4.06. The van der Waals surface area contributed by atoms with Gasteiger partial charge in [-0.25, -0.2) is 9.48 Å². The summed E-state index contributed by atoms with van der Waals surface area (Å²) in [6.45, 7) is 4.76. The second-order valence-electron chi connectivity index (χ2n) is 5.93. The first-order valence-corrected chi connectivity index (χ1v) is 7.20. The summed E-state index contributed by atoms with van der Waals surface area (Å²) >= 11 is 0. The molecule has 0 N–H and O–H groups in total. The predicted molar refractivity (Wildman–Crippen MR) is 78.0 cm³/mol. The highest BCUT2D eigenvalue weighted by atomic mass is 16.2. The smallest absolute Gasteiger partial charge is 0.284 e. The molecule has 1 aliphatic rings. The molecule has 3 heterocycles. The first-order chi connectivity index (χ1) is 9.99. The van der Waals surface area contributed by atoms with Crippen molar-refractivity contribution in [2.24, 2.45) is 20.0 Å².